The van der Waals surface area contributed by atoms with Crippen molar-refractivity contribution in [1.82, 2.24) is 0 Å². The van der Waals surface area contributed by atoms with E-state index in [-0.39, 0.29) is 0 Å². The summed E-state index contributed by atoms with van der Waals surface area (Å²) in [7, 11) is -32.1. The molecule has 0 aromatic heterocycles. The number of phenolic OH excluding ortho intramolecular Hbond substituents is 4. The Morgan fingerprint density at radius 3 is 1.23 bits per heavy atom. The van der Waals surface area contributed by atoms with Gasteiger partial charge in [-0.3, -0.25) is 27.3 Å². The smallest absolute Gasteiger partial charge is 0.296 e. The van der Waals surface area contributed by atoms with Gasteiger partial charge in [0.2, 0.25) is 0 Å². The molecule has 0 atom stereocenters. The fourth-order valence-electron chi connectivity index (χ4n) is 5.86. The fourth-order valence-corrected chi connectivity index (χ4v) is 9.49. The maximum absolute atomic E-state index is 12.6. The first-order valence-electron chi connectivity index (χ1n) is 15.5. The van der Waals surface area contributed by atoms with E-state index in [9.17, 15) is 98.2 Å². The van der Waals surface area contributed by atoms with E-state index in [2.05, 4.69) is 20.5 Å². The molecule has 6 rings (SSSR count). The highest BCUT2D eigenvalue weighted by Gasteiger charge is 2.29. The molecule has 328 valence electrons. The first-order valence-corrected chi connectivity index (χ1v) is 24.2. The molecular formula is C30H20N4O22S6. The van der Waals surface area contributed by atoms with E-state index in [0.29, 0.717) is 54.6 Å². The van der Waals surface area contributed by atoms with Crippen LogP contribution in [0.25, 0.3) is 32.3 Å². The number of phenols is 4. The Kier molecular flexibility index (Phi) is 10.9. The summed E-state index contributed by atoms with van der Waals surface area (Å²) in [5, 5.41) is 53.1. The number of azo groups is 2. The minimum atomic E-state index is -5.61. The Hall–Kier alpha value is -6.04. The van der Waals surface area contributed by atoms with Gasteiger partial charge in [0.05, 0.1) is 36.8 Å². The number of aromatic hydroxyl groups is 4. The number of hydrogen-bond acceptors (Lipinski definition) is 20. The van der Waals surface area contributed by atoms with E-state index in [0.717, 1.165) is 6.07 Å². The summed E-state index contributed by atoms with van der Waals surface area (Å²) in [4.78, 5) is -7.26. The van der Waals surface area contributed by atoms with Gasteiger partial charge in [0, 0.05) is 22.9 Å². The molecule has 6 aromatic carbocycles. The predicted molar refractivity (Wildman–Crippen MR) is 206 cm³/mol. The third kappa shape index (κ3) is 8.69. The van der Waals surface area contributed by atoms with Crippen molar-refractivity contribution >= 4 is 116 Å². The summed E-state index contributed by atoms with van der Waals surface area (Å²) in [6.07, 6.45) is 0. The van der Waals surface area contributed by atoms with Crippen LogP contribution in [0.2, 0.25) is 0 Å². The molecule has 0 saturated carbocycles. The minimum absolute atomic E-state index is 0.392. The molecular weight excluding hydrogens is 961 g/mol. The van der Waals surface area contributed by atoms with Crippen molar-refractivity contribution in [1.29, 1.82) is 0 Å². The number of hydrogen-bond donors (Lipinski definition) is 10. The topological polar surface area (TPSA) is 457 Å². The first-order chi connectivity index (χ1) is 28.2. The van der Waals surface area contributed by atoms with Crippen LogP contribution in [0, 0.1) is 0 Å². The van der Waals surface area contributed by atoms with Crippen LogP contribution in [-0.2, 0) is 60.7 Å². The molecule has 0 aliphatic heterocycles. The second-order valence-electron chi connectivity index (χ2n) is 12.5. The lowest BCUT2D eigenvalue weighted by Gasteiger charge is -2.13. The highest BCUT2D eigenvalue weighted by atomic mass is 32.2. The Bertz CT molecular complexity index is 3780. The van der Waals surface area contributed by atoms with Crippen molar-refractivity contribution in [2.45, 2.75) is 29.4 Å². The minimum Gasteiger partial charge on any atom is -0.508 e. The molecule has 6 aromatic rings. The van der Waals surface area contributed by atoms with Gasteiger partial charge in [-0.15, -0.1) is 20.5 Å². The quantitative estimate of drug-likeness (QED) is 0.0676. The number of benzene rings is 6. The lowest BCUT2D eigenvalue weighted by atomic mass is 10.1. The maximum atomic E-state index is 12.6. The molecule has 0 saturated heterocycles. The van der Waals surface area contributed by atoms with E-state index in [4.69, 9.17) is 0 Å². The van der Waals surface area contributed by atoms with E-state index >= 15 is 0 Å². The third-order valence-corrected chi connectivity index (χ3v) is 13.5. The molecule has 10 N–H and O–H groups in total. The van der Waals surface area contributed by atoms with E-state index < -0.39 is 168 Å². The largest absolute Gasteiger partial charge is 0.508 e. The van der Waals surface area contributed by atoms with Gasteiger partial charge >= 0.3 is 0 Å². The number of rotatable bonds is 10. The van der Waals surface area contributed by atoms with Gasteiger partial charge in [-0.25, -0.2) is 0 Å². The molecule has 0 fully saturated rings. The van der Waals surface area contributed by atoms with Gasteiger partial charge in [-0.2, -0.15) is 50.5 Å². The molecule has 32 heteroatoms. The van der Waals surface area contributed by atoms with Crippen molar-refractivity contribution in [2.24, 2.45) is 20.5 Å². The van der Waals surface area contributed by atoms with Crippen molar-refractivity contribution in [3.05, 3.63) is 60.7 Å². The fraction of sp³-hybridized carbons (Fsp3) is 0. The molecule has 0 unspecified atom stereocenters. The zero-order chi connectivity index (χ0) is 46.4. The van der Waals surface area contributed by atoms with Crippen LogP contribution in [-0.4, -0.2) is 98.2 Å². The maximum Gasteiger partial charge on any atom is 0.296 e. The SMILES string of the molecule is O=S(=O)(O)c1cc(O)c2c(O)c(N=Nc3cc(S(=O)(=O)O)cc4cc(S(=O)(=O)O)c(N=Nc5cc(S(=O)(=O)O)cc6c(S(=O)(=O)O)cc(O)cc56)c(O)c34)c(S(=O)(=O)O)cc2c1. The number of nitrogens with zero attached hydrogens (tertiary/aromatic N) is 4. The average molecular weight is 981 g/mol. The second-order valence-corrected chi connectivity index (χ2v) is 20.9. The Balaban J connectivity index is 1.70. The van der Waals surface area contributed by atoms with Gasteiger partial charge in [-0.1, -0.05) is 0 Å². The van der Waals surface area contributed by atoms with Crippen LogP contribution in [0.5, 0.6) is 23.0 Å². The van der Waals surface area contributed by atoms with Crippen LogP contribution in [0.4, 0.5) is 22.7 Å². The average Bonchev–Trinajstić information content (AvgIpc) is 3.10. The van der Waals surface area contributed by atoms with Gasteiger partial charge in [0.25, 0.3) is 60.7 Å². The summed E-state index contributed by atoms with van der Waals surface area (Å²) in [5.74, 6) is -4.86. The molecule has 0 aliphatic carbocycles. The van der Waals surface area contributed by atoms with Gasteiger partial charge in [-0.05, 0) is 59.3 Å². The molecule has 0 bridgehead atoms. The predicted octanol–water partition coefficient (Wildman–Crippen LogP) is 4.28. The van der Waals surface area contributed by atoms with E-state index in [1.165, 1.54) is 0 Å². The monoisotopic (exact) mass is 980 g/mol. The second kappa shape index (κ2) is 14.8. The molecule has 26 nitrogen and oxygen atoms in total. The molecule has 0 aliphatic rings. The van der Waals surface area contributed by atoms with Crippen LogP contribution in [0.3, 0.4) is 0 Å². The Morgan fingerprint density at radius 1 is 0.355 bits per heavy atom. The number of fused-ring (bicyclic) bond motifs is 3. The van der Waals surface area contributed by atoms with Crippen molar-refractivity contribution in [3.8, 4) is 23.0 Å². The van der Waals surface area contributed by atoms with E-state index in [1.54, 1.807) is 0 Å². The van der Waals surface area contributed by atoms with Crippen molar-refractivity contribution in [3.63, 3.8) is 0 Å². The van der Waals surface area contributed by atoms with Gasteiger partial charge in [0.15, 0.2) is 11.5 Å². The molecule has 0 radical (unpaired) electrons. The summed E-state index contributed by atoms with van der Waals surface area (Å²) < 4.78 is 205. The van der Waals surface area contributed by atoms with Gasteiger partial charge < -0.3 is 20.4 Å². The van der Waals surface area contributed by atoms with Crippen LogP contribution in [0.1, 0.15) is 0 Å². The molecule has 0 amide bonds. The van der Waals surface area contributed by atoms with E-state index in [1.807, 2.05) is 0 Å². The van der Waals surface area contributed by atoms with Crippen LogP contribution >= 0.6 is 0 Å². The van der Waals surface area contributed by atoms with Crippen LogP contribution < -0.4 is 0 Å². The highest BCUT2D eigenvalue weighted by Crippen LogP contribution is 2.49. The van der Waals surface area contributed by atoms with Crippen molar-refractivity contribution < 1.29 is 98.2 Å². The summed E-state index contributed by atoms with van der Waals surface area (Å²) in [6, 6.07) is 4.90. The zero-order valence-corrected chi connectivity index (χ0v) is 34.3. The van der Waals surface area contributed by atoms with Crippen molar-refractivity contribution in [2.75, 3.05) is 0 Å². The summed E-state index contributed by atoms with van der Waals surface area (Å²) >= 11 is 0. The summed E-state index contributed by atoms with van der Waals surface area (Å²) in [6.45, 7) is 0. The van der Waals surface area contributed by atoms with Gasteiger partial charge in [0.1, 0.15) is 37.6 Å². The molecule has 62 heavy (non-hydrogen) atoms. The Labute approximate surface area is 345 Å². The molecule has 0 spiro atoms. The Morgan fingerprint density at radius 2 is 0.758 bits per heavy atom. The normalized spacial score (nSPS) is 13.6. The lowest BCUT2D eigenvalue weighted by molar-refractivity contribution is 0.457. The lowest BCUT2D eigenvalue weighted by Crippen LogP contribution is -2.02. The highest BCUT2D eigenvalue weighted by molar-refractivity contribution is 7.87. The standard InChI is InChI=1S/C30H20N4O22S6/c35-13-5-17-18(22(6-13)60(48,49)50)7-16(59(45,46)47)8-19(17)31-33-27-23(61(51,52)53)3-11-1-14(57(39,40)41)9-20(25(11)29(27)37)32-34-28-24(62(54,55)56)4-12-2-15(58(42,43)44)10-21(36)26(12)30(28)38/h1-10,35-38H,(H,39,40,41)(H,42,43,44)(H,45,46,47)(H,48,49,50)(H,51,52,53)(H,54,55,56). The summed E-state index contributed by atoms with van der Waals surface area (Å²) in [5.41, 5.74) is -4.48. The first kappa shape index (κ1) is 45.5. The zero-order valence-electron chi connectivity index (χ0n) is 29.4. The molecule has 0 heterocycles. The third-order valence-electron chi connectivity index (χ3n) is 8.42. The van der Waals surface area contributed by atoms with Crippen LogP contribution in [0.15, 0.2) is 110 Å².